The van der Waals surface area contributed by atoms with E-state index in [1.165, 1.54) is 5.56 Å². The standard InChI is InChI=1S/C24H33N7O3/c1-32-21-9-7-19(8-10-21)11-13-26-22-29-23(27-14-16-34-18-17-33-15-12-25)31-24(30-22)28-20-5-3-2-4-6-20/h2-10H,11-18,25H2,1H3,(H3,26,27,28,29,30,31). The second-order valence-corrected chi connectivity index (χ2v) is 7.26. The zero-order valence-electron chi connectivity index (χ0n) is 19.5. The minimum Gasteiger partial charge on any atom is -0.497 e. The first kappa shape index (κ1) is 25.2. The number of hydrogen-bond donors (Lipinski definition) is 4. The van der Waals surface area contributed by atoms with Crippen molar-refractivity contribution in [2.45, 2.75) is 6.42 Å². The monoisotopic (exact) mass is 467 g/mol. The minimum atomic E-state index is 0.451. The number of nitrogens with one attached hydrogen (secondary N) is 3. The molecule has 5 N–H and O–H groups in total. The molecule has 10 nitrogen and oxygen atoms in total. The van der Waals surface area contributed by atoms with Gasteiger partial charge in [0.2, 0.25) is 17.8 Å². The van der Waals surface area contributed by atoms with Crippen molar-refractivity contribution in [2.24, 2.45) is 5.73 Å². The van der Waals surface area contributed by atoms with Gasteiger partial charge in [-0.15, -0.1) is 0 Å². The van der Waals surface area contributed by atoms with E-state index in [2.05, 4.69) is 30.9 Å². The molecule has 1 aromatic heterocycles. The van der Waals surface area contributed by atoms with Crippen molar-refractivity contribution in [1.82, 2.24) is 15.0 Å². The number of nitrogens with zero attached hydrogens (tertiary/aromatic N) is 3. The molecule has 0 saturated carbocycles. The molecular weight excluding hydrogens is 434 g/mol. The first-order chi connectivity index (χ1) is 16.8. The first-order valence-corrected chi connectivity index (χ1v) is 11.3. The van der Waals surface area contributed by atoms with Gasteiger partial charge in [0.05, 0.1) is 33.5 Å². The summed E-state index contributed by atoms with van der Waals surface area (Å²) in [5.74, 6) is 2.24. The Labute approximate surface area is 200 Å². The van der Waals surface area contributed by atoms with Crippen molar-refractivity contribution < 1.29 is 14.2 Å². The molecule has 1 heterocycles. The molecule has 0 bridgehead atoms. The number of benzene rings is 2. The van der Waals surface area contributed by atoms with Crippen molar-refractivity contribution in [1.29, 1.82) is 0 Å². The third-order valence-corrected chi connectivity index (χ3v) is 4.68. The molecule has 0 aliphatic carbocycles. The smallest absolute Gasteiger partial charge is 0.233 e. The number of rotatable bonds is 16. The summed E-state index contributed by atoms with van der Waals surface area (Å²) >= 11 is 0. The summed E-state index contributed by atoms with van der Waals surface area (Å²) in [5.41, 5.74) is 7.47. The zero-order chi connectivity index (χ0) is 23.8. The number of nitrogens with two attached hydrogens (primary N) is 1. The molecule has 34 heavy (non-hydrogen) atoms. The van der Waals surface area contributed by atoms with Crippen LogP contribution in [0.5, 0.6) is 5.75 Å². The van der Waals surface area contributed by atoms with Crippen LogP contribution in [-0.4, -0.2) is 68.1 Å². The highest BCUT2D eigenvalue weighted by Gasteiger charge is 2.07. The van der Waals surface area contributed by atoms with Gasteiger partial charge in [0.1, 0.15) is 5.75 Å². The fourth-order valence-electron chi connectivity index (χ4n) is 2.99. The number of aromatic nitrogens is 3. The molecule has 0 aliphatic rings. The third kappa shape index (κ3) is 9.18. The van der Waals surface area contributed by atoms with Crippen LogP contribution in [0.15, 0.2) is 54.6 Å². The third-order valence-electron chi connectivity index (χ3n) is 4.68. The lowest BCUT2D eigenvalue weighted by Crippen LogP contribution is -2.17. The molecule has 0 fully saturated rings. The number of hydrogen-bond acceptors (Lipinski definition) is 10. The quantitative estimate of drug-likeness (QED) is 0.233. The van der Waals surface area contributed by atoms with Crippen LogP contribution in [0.25, 0.3) is 0 Å². The molecule has 0 saturated heterocycles. The van der Waals surface area contributed by atoms with Gasteiger partial charge in [-0.1, -0.05) is 30.3 Å². The van der Waals surface area contributed by atoms with Crippen LogP contribution >= 0.6 is 0 Å². The van der Waals surface area contributed by atoms with Gasteiger partial charge < -0.3 is 35.9 Å². The first-order valence-electron chi connectivity index (χ1n) is 11.3. The van der Waals surface area contributed by atoms with Crippen molar-refractivity contribution in [3.63, 3.8) is 0 Å². The Hall–Kier alpha value is -3.47. The molecule has 3 rings (SSSR count). The van der Waals surface area contributed by atoms with Crippen LogP contribution in [0.2, 0.25) is 0 Å². The summed E-state index contributed by atoms with van der Waals surface area (Å²) in [6, 6.07) is 17.8. The summed E-state index contributed by atoms with van der Waals surface area (Å²) in [6.45, 7) is 3.81. The Morgan fingerprint density at radius 1 is 0.735 bits per heavy atom. The number of methoxy groups -OCH3 is 1. The molecule has 2 aromatic carbocycles. The van der Waals surface area contributed by atoms with Gasteiger partial charge in [0.15, 0.2) is 0 Å². The molecule has 0 aliphatic heterocycles. The summed E-state index contributed by atoms with van der Waals surface area (Å²) < 4.78 is 16.1. The largest absolute Gasteiger partial charge is 0.497 e. The summed E-state index contributed by atoms with van der Waals surface area (Å²) in [4.78, 5) is 13.5. The second kappa shape index (κ2) is 14.6. The highest BCUT2D eigenvalue weighted by Crippen LogP contribution is 2.16. The van der Waals surface area contributed by atoms with E-state index in [1.807, 2.05) is 54.6 Å². The molecule has 0 unspecified atom stereocenters. The molecule has 0 spiro atoms. The predicted molar refractivity (Wildman–Crippen MR) is 134 cm³/mol. The van der Waals surface area contributed by atoms with Gasteiger partial charge >= 0.3 is 0 Å². The van der Waals surface area contributed by atoms with Gasteiger partial charge in [-0.2, -0.15) is 15.0 Å². The highest BCUT2D eigenvalue weighted by molar-refractivity contribution is 5.55. The lowest BCUT2D eigenvalue weighted by atomic mass is 10.1. The van der Waals surface area contributed by atoms with Crippen molar-refractivity contribution in [3.05, 3.63) is 60.2 Å². The highest BCUT2D eigenvalue weighted by atomic mass is 16.5. The number of ether oxygens (including phenoxy) is 3. The van der Waals surface area contributed by atoms with Crippen LogP contribution in [0.1, 0.15) is 5.56 Å². The molecule has 0 radical (unpaired) electrons. The van der Waals surface area contributed by atoms with Gasteiger partial charge in [0, 0.05) is 25.3 Å². The molecule has 10 heteroatoms. The molecule has 3 aromatic rings. The Morgan fingerprint density at radius 3 is 2.06 bits per heavy atom. The molecule has 182 valence electrons. The molecule has 0 atom stereocenters. The average Bonchev–Trinajstić information content (AvgIpc) is 2.87. The molecule has 0 amide bonds. The lowest BCUT2D eigenvalue weighted by molar-refractivity contribution is 0.0547. The van der Waals surface area contributed by atoms with E-state index in [1.54, 1.807) is 7.11 Å². The van der Waals surface area contributed by atoms with E-state index < -0.39 is 0 Å². The minimum absolute atomic E-state index is 0.451. The maximum Gasteiger partial charge on any atom is 0.233 e. The summed E-state index contributed by atoms with van der Waals surface area (Å²) in [5, 5.41) is 9.70. The van der Waals surface area contributed by atoms with Gasteiger partial charge in [0.25, 0.3) is 0 Å². The maximum absolute atomic E-state index is 5.55. The van der Waals surface area contributed by atoms with Crippen LogP contribution in [-0.2, 0) is 15.9 Å². The van der Waals surface area contributed by atoms with E-state index >= 15 is 0 Å². The van der Waals surface area contributed by atoms with E-state index in [-0.39, 0.29) is 0 Å². The van der Waals surface area contributed by atoms with Gasteiger partial charge in [-0.25, -0.2) is 0 Å². The maximum atomic E-state index is 5.55. The number of para-hydroxylation sites is 1. The van der Waals surface area contributed by atoms with E-state index in [4.69, 9.17) is 19.9 Å². The predicted octanol–water partition coefficient (Wildman–Crippen LogP) is 2.68. The SMILES string of the molecule is COc1ccc(CCNc2nc(NCCOCCOCCN)nc(Nc3ccccc3)n2)cc1. The van der Waals surface area contributed by atoms with E-state index in [0.717, 1.165) is 17.9 Å². The van der Waals surface area contributed by atoms with Crippen molar-refractivity contribution in [3.8, 4) is 5.75 Å². The van der Waals surface area contributed by atoms with Crippen molar-refractivity contribution in [2.75, 3.05) is 69.1 Å². The van der Waals surface area contributed by atoms with Crippen LogP contribution in [0.3, 0.4) is 0 Å². The Bertz CT molecular complexity index is 959. The number of anilines is 4. The second-order valence-electron chi connectivity index (χ2n) is 7.26. The van der Waals surface area contributed by atoms with Crippen LogP contribution in [0, 0.1) is 0 Å². The van der Waals surface area contributed by atoms with Crippen LogP contribution in [0.4, 0.5) is 23.5 Å². The van der Waals surface area contributed by atoms with Gasteiger partial charge in [-0.05, 0) is 36.2 Å². The topological polar surface area (TPSA) is 128 Å². The van der Waals surface area contributed by atoms with Gasteiger partial charge in [-0.3, -0.25) is 0 Å². The lowest BCUT2D eigenvalue weighted by Gasteiger charge is -2.12. The summed E-state index contributed by atoms with van der Waals surface area (Å²) in [7, 11) is 1.66. The zero-order valence-corrected chi connectivity index (χ0v) is 19.5. The Morgan fingerprint density at radius 2 is 1.38 bits per heavy atom. The fraction of sp³-hybridized carbons (Fsp3) is 0.375. The fourth-order valence-corrected chi connectivity index (χ4v) is 2.99. The summed E-state index contributed by atoms with van der Waals surface area (Å²) in [6.07, 6.45) is 0.819. The average molecular weight is 468 g/mol. The van der Waals surface area contributed by atoms with E-state index in [9.17, 15) is 0 Å². The Balaban J connectivity index is 1.55. The van der Waals surface area contributed by atoms with E-state index in [0.29, 0.717) is 63.9 Å². The van der Waals surface area contributed by atoms with Crippen molar-refractivity contribution >= 4 is 23.5 Å². The Kier molecular flexibility index (Phi) is 10.8. The normalized spacial score (nSPS) is 10.6. The van der Waals surface area contributed by atoms with Crippen LogP contribution < -0.4 is 26.4 Å². The molecular formula is C24H33N7O3.